The highest BCUT2D eigenvalue weighted by Crippen LogP contribution is 2.57. The summed E-state index contributed by atoms with van der Waals surface area (Å²) in [6.07, 6.45) is 1.28. The van der Waals surface area contributed by atoms with Gasteiger partial charge in [-0.3, -0.25) is 8.37 Å². The molecule has 6 nitrogen and oxygen atoms in total. The second kappa shape index (κ2) is 7.83. The Morgan fingerprint density at radius 2 is 1.14 bits per heavy atom. The summed E-state index contributed by atoms with van der Waals surface area (Å²) in [6.45, 7) is 7.04. The summed E-state index contributed by atoms with van der Waals surface area (Å²) in [4.78, 5) is 0.174. The number of hydrogen-bond acceptors (Lipinski definition) is 6. The topological polar surface area (TPSA) is 86.7 Å². The zero-order valence-electron chi connectivity index (χ0n) is 17.1. The summed E-state index contributed by atoms with van der Waals surface area (Å²) in [5.41, 5.74) is 2.22. The normalized spacial score (nSPS) is 16.0. The van der Waals surface area contributed by atoms with Crippen LogP contribution >= 0.6 is 0 Å². The third-order valence-corrected chi connectivity index (χ3v) is 8.02. The van der Waals surface area contributed by atoms with E-state index in [9.17, 15) is 16.8 Å². The quantitative estimate of drug-likeness (QED) is 0.582. The second-order valence-electron chi connectivity index (χ2n) is 7.30. The zero-order chi connectivity index (χ0) is 21.4. The van der Waals surface area contributed by atoms with Crippen LogP contribution in [0, 0.1) is 13.8 Å². The molecule has 0 aliphatic heterocycles. The van der Waals surface area contributed by atoms with Gasteiger partial charge >= 0.3 is 0 Å². The van der Waals surface area contributed by atoms with Gasteiger partial charge in [0.2, 0.25) is 0 Å². The lowest BCUT2D eigenvalue weighted by Gasteiger charge is -2.23. The molecule has 0 heterocycles. The molecule has 1 fully saturated rings. The van der Waals surface area contributed by atoms with E-state index in [-0.39, 0.29) is 23.0 Å². The van der Waals surface area contributed by atoms with Crippen molar-refractivity contribution in [1.82, 2.24) is 0 Å². The van der Waals surface area contributed by atoms with Crippen molar-refractivity contribution in [3.8, 4) is 0 Å². The second-order valence-corrected chi connectivity index (χ2v) is 10.5. The van der Waals surface area contributed by atoms with Gasteiger partial charge in [0.05, 0.1) is 23.0 Å². The van der Waals surface area contributed by atoms with E-state index in [2.05, 4.69) is 0 Å². The fourth-order valence-corrected chi connectivity index (χ4v) is 6.11. The maximum Gasteiger partial charge on any atom is 0.297 e. The van der Waals surface area contributed by atoms with Crippen molar-refractivity contribution in [1.29, 1.82) is 0 Å². The summed E-state index contributed by atoms with van der Waals surface area (Å²) in [7, 11) is -7.92. The molecule has 2 aromatic carbocycles. The first-order valence-electron chi connectivity index (χ1n) is 9.58. The van der Waals surface area contributed by atoms with Crippen molar-refractivity contribution in [2.24, 2.45) is 0 Å². The third kappa shape index (κ3) is 4.12. The Hall–Kier alpha value is -1.74. The first kappa shape index (κ1) is 22.0. The molecule has 0 spiro atoms. The monoisotopic (exact) mass is 438 g/mol. The van der Waals surface area contributed by atoms with E-state index in [4.69, 9.17) is 8.37 Å². The van der Waals surface area contributed by atoms with Gasteiger partial charge in [-0.1, -0.05) is 35.4 Å². The Morgan fingerprint density at radius 1 is 0.759 bits per heavy atom. The zero-order valence-corrected chi connectivity index (χ0v) is 18.7. The van der Waals surface area contributed by atoms with Crippen LogP contribution in [0.4, 0.5) is 0 Å². The van der Waals surface area contributed by atoms with Crippen LogP contribution in [-0.4, -0.2) is 30.0 Å². The molecular formula is C21H26O6S2. The average Bonchev–Trinajstić information content (AvgIpc) is 3.43. The minimum Gasteiger partial charge on any atom is -0.267 e. The molecule has 0 bridgehead atoms. The highest BCUT2D eigenvalue weighted by Gasteiger charge is 2.51. The maximum atomic E-state index is 12.8. The molecule has 1 saturated carbocycles. The fourth-order valence-electron chi connectivity index (χ4n) is 3.72. The van der Waals surface area contributed by atoms with Gasteiger partial charge in [0, 0.05) is 5.41 Å². The lowest BCUT2D eigenvalue weighted by molar-refractivity contribution is 0.337. The van der Waals surface area contributed by atoms with Crippen molar-refractivity contribution in [3.63, 3.8) is 0 Å². The van der Waals surface area contributed by atoms with Gasteiger partial charge in [-0.05, 0) is 63.8 Å². The third-order valence-electron chi connectivity index (χ3n) is 5.14. The van der Waals surface area contributed by atoms with Gasteiger partial charge in [-0.25, -0.2) is 0 Å². The van der Waals surface area contributed by atoms with Crippen LogP contribution in [0.15, 0.2) is 46.2 Å². The summed E-state index contributed by atoms with van der Waals surface area (Å²) in [5.74, 6) is 0. The Bertz CT molecular complexity index is 1040. The molecule has 0 amide bonds. The van der Waals surface area contributed by atoms with Gasteiger partial charge in [-0.2, -0.15) is 16.8 Å². The smallest absolute Gasteiger partial charge is 0.267 e. The van der Waals surface area contributed by atoms with Gasteiger partial charge in [0.25, 0.3) is 20.2 Å². The number of benzene rings is 2. The van der Waals surface area contributed by atoms with E-state index in [1.165, 1.54) is 0 Å². The minimum atomic E-state index is -3.96. The Balaban J connectivity index is 2.28. The van der Waals surface area contributed by atoms with Crippen LogP contribution in [0.3, 0.4) is 0 Å². The van der Waals surface area contributed by atoms with Gasteiger partial charge in [0.15, 0.2) is 0 Å². The highest BCUT2D eigenvalue weighted by atomic mass is 32.2. The Labute approximate surface area is 173 Å². The van der Waals surface area contributed by atoms with E-state index < -0.39 is 25.7 Å². The molecule has 29 heavy (non-hydrogen) atoms. The van der Waals surface area contributed by atoms with E-state index in [0.717, 1.165) is 11.1 Å². The molecule has 3 rings (SSSR count). The van der Waals surface area contributed by atoms with Gasteiger partial charge < -0.3 is 0 Å². The molecule has 0 aromatic heterocycles. The Kier molecular flexibility index (Phi) is 5.93. The lowest BCUT2D eigenvalue weighted by Crippen LogP contribution is -2.20. The lowest BCUT2D eigenvalue weighted by atomic mass is 9.86. The minimum absolute atomic E-state index is 0.0249. The molecule has 8 heteroatoms. The molecule has 0 N–H and O–H groups in total. The SMILES string of the molecule is CCOS(=O)(=O)c1ccc(C)cc1C1(c2cc(C)ccc2S(=O)(=O)OCC)CC1. The van der Waals surface area contributed by atoms with Crippen LogP contribution in [0.25, 0.3) is 0 Å². The number of aryl methyl sites for hydroxylation is 2. The van der Waals surface area contributed by atoms with Crippen molar-refractivity contribution >= 4 is 20.2 Å². The van der Waals surface area contributed by atoms with Crippen molar-refractivity contribution in [2.45, 2.75) is 55.7 Å². The van der Waals surface area contributed by atoms with Gasteiger partial charge in [0.1, 0.15) is 0 Å². The van der Waals surface area contributed by atoms with E-state index in [1.54, 1.807) is 38.1 Å². The average molecular weight is 439 g/mol. The van der Waals surface area contributed by atoms with E-state index in [0.29, 0.717) is 24.0 Å². The van der Waals surface area contributed by atoms with Crippen molar-refractivity contribution < 1.29 is 25.2 Å². The molecule has 0 saturated heterocycles. The predicted octanol–water partition coefficient (Wildman–Crippen LogP) is 3.83. The molecule has 2 aromatic rings. The summed E-state index contributed by atoms with van der Waals surface area (Å²) < 4.78 is 61.1. The maximum absolute atomic E-state index is 12.8. The largest absolute Gasteiger partial charge is 0.297 e. The van der Waals surface area contributed by atoms with Crippen LogP contribution in [0.5, 0.6) is 0 Å². The fraction of sp³-hybridized carbons (Fsp3) is 0.429. The predicted molar refractivity (Wildman–Crippen MR) is 110 cm³/mol. The number of rotatable bonds is 8. The molecule has 0 radical (unpaired) electrons. The molecule has 158 valence electrons. The molecule has 0 unspecified atom stereocenters. The first-order chi connectivity index (χ1) is 13.6. The number of hydrogen-bond donors (Lipinski definition) is 0. The van der Waals surface area contributed by atoms with Crippen molar-refractivity contribution in [3.05, 3.63) is 58.7 Å². The standard InChI is InChI=1S/C21H26O6S2/c1-5-26-28(22,23)19-9-7-15(3)13-17(19)21(11-12-21)18-14-16(4)8-10-20(18)29(24,25)27-6-2/h7-10,13-14H,5-6,11-12H2,1-4H3. The van der Waals surface area contributed by atoms with Crippen LogP contribution < -0.4 is 0 Å². The molecule has 0 atom stereocenters. The molecular weight excluding hydrogens is 412 g/mol. The van der Waals surface area contributed by atoms with E-state index in [1.807, 2.05) is 26.0 Å². The highest BCUT2D eigenvalue weighted by molar-refractivity contribution is 7.87. The van der Waals surface area contributed by atoms with Crippen LogP contribution in [0.2, 0.25) is 0 Å². The van der Waals surface area contributed by atoms with E-state index >= 15 is 0 Å². The summed E-state index contributed by atoms with van der Waals surface area (Å²) in [6, 6.07) is 10.2. The molecule has 1 aliphatic rings. The van der Waals surface area contributed by atoms with Crippen molar-refractivity contribution in [2.75, 3.05) is 13.2 Å². The van der Waals surface area contributed by atoms with Crippen LogP contribution in [-0.2, 0) is 34.0 Å². The molecule has 1 aliphatic carbocycles. The first-order valence-corrected chi connectivity index (χ1v) is 12.4. The summed E-state index contributed by atoms with van der Waals surface area (Å²) in [5, 5.41) is 0. The Morgan fingerprint density at radius 3 is 1.45 bits per heavy atom. The van der Waals surface area contributed by atoms with Crippen LogP contribution in [0.1, 0.15) is 48.9 Å². The van der Waals surface area contributed by atoms with Gasteiger partial charge in [-0.15, -0.1) is 0 Å². The summed E-state index contributed by atoms with van der Waals surface area (Å²) >= 11 is 0.